The van der Waals surface area contributed by atoms with Crippen molar-refractivity contribution in [2.45, 2.75) is 39.6 Å². The Bertz CT molecular complexity index is 388. The maximum Gasteiger partial charge on any atom is 0.0771 e. The third-order valence-corrected chi connectivity index (χ3v) is 3.54. The average molecular weight is 278 g/mol. The van der Waals surface area contributed by atoms with E-state index in [0.29, 0.717) is 13.2 Å². The van der Waals surface area contributed by atoms with Crippen molar-refractivity contribution >= 4 is 0 Å². The molecule has 0 radical (unpaired) electrons. The number of ether oxygens (including phenoxy) is 1. The molecule has 3 nitrogen and oxygen atoms in total. The highest BCUT2D eigenvalue weighted by molar-refractivity contribution is 5.13. The number of benzene rings is 1. The van der Waals surface area contributed by atoms with E-state index in [-0.39, 0.29) is 11.8 Å². The van der Waals surface area contributed by atoms with Gasteiger partial charge in [-0.25, -0.2) is 0 Å². The van der Waals surface area contributed by atoms with Gasteiger partial charge in [0.05, 0.1) is 25.4 Å². The highest BCUT2D eigenvalue weighted by Crippen LogP contribution is 2.18. The lowest BCUT2D eigenvalue weighted by Gasteiger charge is -2.27. The van der Waals surface area contributed by atoms with Crippen molar-refractivity contribution in [3.63, 3.8) is 0 Å². The van der Waals surface area contributed by atoms with Gasteiger partial charge < -0.3 is 14.9 Å². The first-order valence-electron chi connectivity index (χ1n) is 7.16. The predicted octanol–water partition coefficient (Wildman–Crippen LogP) is 2.77. The van der Waals surface area contributed by atoms with Gasteiger partial charge in [0.25, 0.3) is 0 Å². The average Bonchev–Trinajstić information content (AvgIpc) is 2.47. The first-order chi connectivity index (χ1) is 9.56. The summed E-state index contributed by atoms with van der Waals surface area (Å²) >= 11 is 0. The van der Waals surface area contributed by atoms with E-state index >= 15 is 0 Å². The van der Waals surface area contributed by atoms with Crippen molar-refractivity contribution < 1.29 is 14.9 Å². The van der Waals surface area contributed by atoms with Crippen LogP contribution in [0.2, 0.25) is 0 Å². The van der Waals surface area contributed by atoms with Gasteiger partial charge in [0.2, 0.25) is 0 Å². The number of allylic oxidation sites excluding steroid dienone is 1. The molecule has 0 fully saturated rings. The quantitative estimate of drug-likeness (QED) is 0.719. The van der Waals surface area contributed by atoms with Gasteiger partial charge in [-0.3, -0.25) is 0 Å². The molecule has 1 aromatic carbocycles. The van der Waals surface area contributed by atoms with Crippen LogP contribution >= 0.6 is 0 Å². The van der Waals surface area contributed by atoms with E-state index in [1.165, 1.54) is 0 Å². The molecule has 112 valence electrons. The van der Waals surface area contributed by atoms with Crippen LogP contribution in [0.4, 0.5) is 0 Å². The fourth-order valence-corrected chi connectivity index (χ4v) is 2.13. The molecule has 3 heteroatoms. The van der Waals surface area contributed by atoms with Crippen LogP contribution in [0.25, 0.3) is 0 Å². The summed E-state index contributed by atoms with van der Waals surface area (Å²) in [5, 5.41) is 20.1. The van der Waals surface area contributed by atoms with E-state index in [0.717, 1.165) is 5.56 Å². The molecule has 0 aliphatic rings. The minimum absolute atomic E-state index is 0.0198. The third kappa shape index (κ3) is 5.45. The zero-order valence-corrected chi connectivity index (χ0v) is 12.6. The van der Waals surface area contributed by atoms with Crippen molar-refractivity contribution in [1.82, 2.24) is 0 Å². The molecule has 0 saturated heterocycles. The summed E-state index contributed by atoms with van der Waals surface area (Å²) in [6.45, 7) is 6.67. The normalized spacial score (nSPS) is 17.9. The molecule has 0 spiro atoms. The van der Waals surface area contributed by atoms with E-state index < -0.39 is 12.2 Å². The zero-order valence-electron chi connectivity index (χ0n) is 12.6. The van der Waals surface area contributed by atoms with Crippen LogP contribution in [-0.4, -0.2) is 29.0 Å². The number of hydrogen-bond donors (Lipinski definition) is 2. The first-order valence-corrected chi connectivity index (χ1v) is 7.16. The maximum atomic E-state index is 10.2. The smallest absolute Gasteiger partial charge is 0.0771 e. The Labute approximate surface area is 121 Å². The Balaban J connectivity index is 2.36. The highest BCUT2D eigenvalue weighted by Gasteiger charge is 2.25. The predicted molar refractivity (Wildman–Crippen MR) is 81.3 cm³/mol. The largest absolute Gasteiger partial charge is 0.392 e. The van der Waals surface area contributed by atoms with Crippen molar-refractivity contribution in [2.24, 2.45) is 11.8 Å². The van der Waals surface area contributed by atoms with Crippen molar-refractivity contribution in [3.8, 4) is 0 Å². The van der Waals surface area contributed by atoms with Gasteiger partial charge in [-0.2, -0.15) is 0 Å². The molecule has 2 N–H and O–H groups in total. The van der Waals surface area contributed by atoms with Crippen molar-refractivity contribution in [3.05, 3.63) is 48.0 Å². The molecule has 0 bridgehead atoms. The Kier molecular flexibility index (Phi) is 7.52. The molecule has 0 aliphatic carbocycles. The van der Waals surface area contributed by atoms with Gasteiger partial charge in [-0.15, -0.1) is 0 Å². The molecule has 0 saturated carbocycles. The summed E-state index contributed by atoms with van der Waals surface area (Å²) in [5.74, 6) is -0.227. The van der Waals surface area contributed by atoms with Gasteiger partial charge in [0.15, 0.2) is 0 Å². The van der Waals surface area contributed by atoms with E-state index in [2.05, 4.69) is 0 Å². The van der Waals surface area contributed by atoms with Crippen molar-refractivity contribution in [2.75, 3.05) is 6.61 Å². The molecule has 0 aliphatic heterocycles. The van der Waals surface area contributed by atoms with Crippen LogP contribution in [-0.2, 0) is 11.3 Å². The Morgan fingerprint density at radius 1 is 1.15 bits per heavy atom. The van der Waals surface area contributed by atoms with Gasteiger partial charge in [-0.1, -0.05) is 56.3 Å². The molecule has 0 heterocycles. The highest BCUT2D eigenvalue weighted by atomic mass is 16.5. The monoisotopic (exact) mass is 278 g/mol. The topological polar surface area (TPSA) is 49.7 Å². The second kappa shape index (κ2) is 8.90. The lowest BCUT2D eigenvalue weighted by Crippen LogP contribution is -2.35. The molecular weight excluding hydrogens is 252 g/mol. The summed E-state index contributed by atoms with van der Waals surface area (Å²) in [5.41, 5.74) is 1.12. The van der Waals surface area contributed by atoms with Crippen LogP contribution in [0.15, 0.2) is 42.5 Å². The van der Waals surface area contributed by atoms with Crippen LogP contribution in [0, 0.1) is 11.8 Å². The Morgan fingerprint density at radius 3 is 2.40 bits per heavy atom. The van der Waals surface area contributed by atoms with E-state index in [1.54, 1.807) is 12.2 Å². The minimum atomic E-state index is -0.619. The van der Waals surface area contributed by atoms with Crippen molar-refractivity contribution in [1.29, 1.82) is 0 Å². The standard InChI is InChI=1S/C17H26O3/c1-4-8-16(18)14(3)17(19)13(2)11-20-12-15-9-6-5-7-10-15/h4-10,13-14,16-19H,11-12H2,1-3H3/t13-,14-,16-,17-/m0/s1. The van der Waals surface area contributed by atoms with Crippen LogP contribution < -0.4 is 0 Å². The molecule has 4 atom stereocenters. The van der Waals surface area contributed by atoms with Gasteiger partial charge in [0, 0.05) is 11.8 Å². The van der Waals surface area contributed by atoms with Gasteiger partial charge in [0.1, 0.15) is 0 Å². The lowest BCUT2D eigenvalue weighted by atomic mass is 9.89. The van der Waals surface area contributed by atoms with Crippen LogP contribution in [0.3, 0.4) is 0 Å². The number of hydrogen-bond acceptors (Lipinski definition) is 3. The fraction of sp³-hybridized carbons (Fsp3) is 0.529. The fourth-order valence-electron chi connectivity index (χ4n) is 2.13. The zero-order chi connectivity index (χ0) is 15.0. The summed E-state index contributed by atoms with van der Waals surface area (Å²) in [7, 11) is 0. The number of aliphatic hydroxyl groups excluding tert-OH is 2. The number of rotatable bonds is 8. The third-order valence-electron chi connectivity index (χ3n) is 3.54. The first kappa shape index (κ1) is 16.9. The van der Waals surface area contributed by atoms with Crippen LogP contribution in [0.1, 0.15) is 26.3 Å². The Hall–Kier alpha value is -1.16. The van der Waals surface area contributed by atoms with Gasteiger partial charge >= 0.3 is 0 Å². The van der Waals surface area contributed by atoms with E-state index in [9.17, 15) is 10.2 Å². The Morgan fingerprint density at radius 2 is 1.80 bits per heavy atom. The summed E-state index contributed by atoms with van der Waals surface area (Å²) < 4.78 is 5.63. The maximum absolute atomic E-state index is 10.2. The van der Waals surface area contributed by atoms with E-state index in [4.69, 9.17) is 4.74 Å². The van der Waals surface area contributed by atoms with Gasteiger partial charge in [-0.05, 0) is 12.5 Å². The SMILES string of the molecule is CC=C[C@H](O)[C@H](C)[C@@H](O)[C@@H](C)COCc1ccccc1. The number of aliphatic hydroxyl groups is 2. The molecule has 0 amide bonds. The summed E-state index contributed by atoms with van der Waals surface area (Å²) in [4.78, 5) is 0. The lowest BCUT2D eigenvalue weighted by molar-refractivity contribution is -0.0230. The van der Waals surface area contributed by atoms with Crippen LogP contribution in [0.5, 0.6) is 0 Å². The molecule has 1 rings (SSSR count). The molecular formula is C17H26O3. The second-order valence-corrected chi connectivity index (χ2v) is 5.34. The summed E-state index contributed by atoms with van der Waals surface area (Å²) in [6, 6.07) is 9.96. The minimum Gasteiger partial charge on any atom is -0.392 e. The summed E-state index contributed by atoms with van der Waals surface area (Å²) in [6.07, 6.45) is 2.29. The second-order valence-electron chi connectivity index (χ2n) is 5.34. The molecule has 0 unspecified atom stereocenters. The molecule has 1 aromatic rings. The molecule has 20 heavy (non-hydrogen) atoms. The van der Waals surface area contributed by atoms with E-state index in [1.807, 2.05) is 51.1 Å². The molecule has 0 aromatic heterocycles.